The molecule has 1 aromatic carbocycles. The first-order valence-electron chi connectivity index (χ1n) is 7.72. The number of rotatable bonds is 8. The Morgan fingerprint density at radius 1 is 1.28 bits per heavy atom. The Morgan fingerprint density at radius 2 is 1.96 bits per heavy atom. The van der Waals surface area contributed by atoms with Crippen LogP contribution in [0.3, 0.4) is 0 Å². The van der Waals surface area contributed by atoms with Crippen LogP contribution in [0.2, 0.25) is 0 Å². The lowest BCUT2D eigenvalue weighted by molar-refractivity contribution is -0.142. The summed E-state index contributed by atoms with van der Waals surface area (Å²) in [4.78, 5) is 15.1. The first-order chi connectivity index (χ1) is 11.9. The molecule has 0 spiro atoms. The minimum atomic E-state index is -2.60. The standard InChI is InChI=1S/C17H21F2N3O3/c1-11-6-13(7-12(2)16(11)25-10-15(23)24-3)8-20-9-14-21-4-5-22(14)17(18)19/h4-7,17,20H,8-10H2,1-3H3. The highest BCUT2D eigenvalue weighted by atomic mass is 19.3. The van der Waals surface area contributed by atoms with Crippen molar-refractivity contribution in [3.63, 3.8) is 0 Å². The quantitative estimate of drug-likeness (QED) is 0.739. The SMILES string of the molecule is COC(=O)COc1c(C)cc(CNCc2nccn2C(F)F)cc1C. The van der Waals surface area contributed by atoms with Crippen molar-refractivity contribution < 1.29 is 23.0 Å². The maximum atomic E-state index is 12.8. The van der Waals surface area contributed by atoms with E-state index in [2.05, 4.69) is 15.0 Å². The van der Waals surface area contributed by atoms with Crippen LogP contribution >= 0.6 is 0 Å². The Kier molecular flexibility index (Phi) is 6.46. The van der Waals surface area contributed by atoms with Gasteiger partial charge in [-0.3, -0.25) is 4.57 Å². The number of hydrogen-bond acceptors (Lipinski definition) is 5. The lowest BCUT2D eigenvalue weighted by atomic mass is 10.1. The summed E-state index contributed by atoms with van der Waals surface area (Å²) >= 11 is 0. The van der Waals surface area contributed by atoms with Gasteiger partial charge in [0.25, 0.3) is 0 Å². The normalized spacial score (nSPS) is 11.0. The molecule has 0 aliphatic rings. The minimum Gasteiger partial charge on any atom is -0.481 e. The monoisotopic (exact) mass is 353 g/mol. The van der Waals surface area contributed by atoms with Crippen molar-refractivity contribution in [1.82, 2.24) is 14.9 Å². The summed E-state index contributed by atoms with van der Waals surface area (Å²) in [6.45, 7) is 1.74. The molecule has 6 nitrogen and oxygen atoms in total. The number of benzene rings is 1. The molecule has 25 heavy (non-hydrogen) atoms. The zero-order valence-electron chi connectivity index (χ0n) is 14.4. The predicted molar refractivity (Wildman–Crippen MR) is 87.5 cm³/mol. The van der Waals surface area contributed by atoms with E-state index in [9.17, 15) is 13.6 Å². The van der Waals surface area contributed by atoms with Gasteiger partial charge in [0.15, 0.2) is 6.61 Å². The second-order valence-electron chi connectivity index (χ2n) is 5.56. The van der Waals surface area contributed by atoms with Gasteiger partial charge in [-0.25, -0.2) is 9.78 Å². The van der Waals surface area contributed by atoms with Crippen molar-refractivity contribution >= 4 is 5.97 Å². The van der Waals surface area contributed by atoms with Crippen molar-refractivity contribution in [1.29, 1.82) is 0 Å². The van der Waals surface area contributed by atoms with E-state index in [4.69, 9.17) is 4.74 Å². The summed E-state index contributed by atoms with van der Waals surface area (Å²) < 4.78 is 36.4. The van der Waals surface area contributed by atoms with Gasteiger partial charge in [-0.05, 0) is 30.5 Å². The predicted octanol–water partition coefficient (Wildman–Crippen LogP) is 2.74. The van der Waals surface area contributed by atoms with Gasteiger partial charge in [-0.15, -0.1) is 0 Å². The lowest BCUT2D eigenvalue weighted by Gasteiger charge is -2.14. The summed E-state index contributed by atoms with van der Waals surface area (Å²) in [7, 11) is 1.31. The van der Waals surface area contributed by atoms with E-state index in [-0.39, 0.29) is 19.0 Å². The Hall–Kier alpha value is -2.48. The second-order valence-corrected chi connectivity index (χ2v) is 5.56. The van der Waals surface area contributed by atoms with Gasteiger partial charge in [0.05, 0.1) is 13.7 Å². The number of carbonyl (C=O) groups excluding carboxylic acids is 1. The molecule has 0 atom stereocenters. The Bertz CT molecular complexity index is 709. The molecule has 0 radical (unpaired) electrons. The average molecular weight is 353 g/mol. The van der Waals surface area contributed by atoms with E-state index in [1.54, 1.807) is 0 Å². The number of hydrogen-bond donors (Lipinski definition) is 1. The van der Waals surface area contributed by atoms with Crippen LogP contribution in [0.4, 0.5) is 8.78 Å². The molecule has 2 rings (SSSR count). The number of nitrogens with one attached hydrogen (secondary N) is 1. The van der Waals surface area contributed by atoms with Crippen LogP contribution in [-0.4, -0.2) is 29.2 Å². The molecule has 8 heteroatoms. The zero-order chi connectivity index (χ0) is 18.4. The largest absolute Gasteiger partial charge is 0.481 e. The van der Waals surface area contributed by atoms with E-state index < -0.39 is 12.5 Å². The molecule has 1 aromatic heterocycles. The number of halogens is 2. The van der Waals surface area contributed by atoms with Gasteiger partial charge in [-0.1, -0.05) is 12.1 Å². The number of carbonyl (C=O) groups is 1. The van der Waals surface area contributed by atoms with Gasteiger partial charge < -0.3 is 14.8 Å². The van der Waals surface area contributed by atoms with E-state index in [0.717, 1.165) is 21.3 Å². The third kappa shape index (κ3) is 4.99. The number of aromatic nitrogens is 2. The number of nitrogens with zero attached hydrogens (tertiary/aromatic N) is 2. The molecule has 0 unspecified atom stereocenters. The smallest absolute Gasteiger partial charge is 0.343 e. The van der Waals surface area contributed by atoms with Crippen LogP contribution in [0.5, 0.6) is 5.75 Å². The fourth-order valence-corrected chi connectivity index (χ4v) is 2.54. The molecule has 1 heterocycles. The van der Waals surface area contributed by atoms with Crippen molar-refractivity contribution in [2.75, 3.05) is 13.7 Å². The third-order valence-corrected chi connectivity index (χ3v) is 3.65. The summed E-state index contributed by atoms with van der Waals surface area (Å²) in [5, 5.41) is 3.10. The molecule has 0 bridgehead atoms. The van der Waals surface area contributed by atoms with E-state index >= 15 is 0 Å². The number of imidazole rings is 1. The van der Waals surface area contributed by atoms with Crippen molar-refractivity contribution in [3.8, 4) is 5.75 Å². The highest BCUT2D eigenvalue weighted by Crippen LogP contribution is 2.25. The summed E-state index contributed by atoms with van der Waals surface area (Å²) in [5.41, 5.74) is 2.75. The molecule has 0 saturated carbocycles. The molecule has 0 fully saturated rings. The molecule has 0 amide bonds. The Balaban J connectivity index is 1.96. The van der Waals surface area contributed by atoms with Gasteiger partial charge >= 0.3 is 12.5 Å². The Morgan fingerprint density at radius 3 is 2.56 bits per heavy atom. The van der Waals surface area contributed by atoms with E-state index in [1.807, 2.05) is 26.0 Å². The number of methoxy groups -OCH3 is 1. The molecule has 2 aromatic rings. The van der Waals surface area contributed by atoms with Crippen molar-refractivity contribution in [3.05, 3.63) is 47.0 Å². The maximum absolute atomic E-state index is 12.8. The van der Waals surface area contributed by atoms with Crippen LogP contribution < -0.4 is 10.1 Å². The molecule has 0 aliphatic heterocycles. The highest BCUT2D eigenvalue weighted by Gasteiger charge is 2.12. The second kappa shape index (κ2) is 8.57. The summed E-state index contributed by atoms with van der Waals surface area (Å²) in [5.74, 6) is 0.475. The molecule has 0 aliphatic carbocycles. The van der Waals surface area contributed by atoms with Gasteiger partial charge in [0.2, 0.25) is 0 Å². The van der Waals surface area contributed by atoms with Crippen LogP contribution in [0.15, 0.2) is 24.5 Å². The highest BCUT2D eigenvalue weighted by molar-refractivity contribution is 5.71. The Labute approximate surface area is 144 Å². The molecule has 0 saturated heterocycles. The number of aryl methyl sites for hydroxylation is 2. The minimum absolute atomic E-state index is 0.147. The van der Waals surface area contributed by atoms with E-state index in [0.29, 0.717) is 12.3 Å². The van der Waals surface area contributed by atoms with Gasteiger partial charge in [0.1, 0.15) is 11.6 Å². The maximum Gasteiger partial charge on any atom is 0.343 e. The van der Waals surface area contributed by atoms with Crippen LogP contribution in [0, 0.1) is 13.8 Å². The van der Waals surface area contributed by atoms with Gasteiger partial charge in [0, 0.05) is 18.9 Å². The summed E-state index contributed by atoms with van der Waals surface area (Å²) in [6.07, 6.45) is 2.61. The first kappa shape index (κ1) is 18.9. The average Bonchev–Trinajstić information content (AvgIpc) is 3.02. The van der Waals surface area contributed by atoms with Crippen LogP contribution in [0.25, 0.3) is 0 Å². The van der Waals surface area contributed by atoms with Crippen LogP contribution in [-0.2, 0) is 22.6 Å². The molecule has 1 N–H and O–H groups in total. The molecular weight excluding hydrogens is 332 g/mol. The number of esters is 1. The number of alkyl halides is 2. The zero-order valence-corrected chi connectivity index (χ0v) is 14.4. The third-order valence-electron chi connectivity index (χ3n) is 3.65. The number of ether oxygens (including phenoxy) is 2. The van der Waals surface area contributed by atoms with E-state index in [1.165, 1.54) is 19.5 Å². The first-order valence-corrected chi connectivity index (χ1v) is 7.72. The fourth-order valence-electron chi connectivity index (χ4n) is 2.54. The topological polar surface area (TPSA) is 65.4 Å². The van der Waals surface area contributed by atoms with Crippen molar-refractivity contribution in [2.45, 2.75) is 33.5 Å². The summed E-state index contributed by atoms with van der Waals surface area (Å²) in [6, 6.07) is 3.85. The van der Waals surface area contributed by atoms with Crippen LogP contribution in [0.1, 0.15) is 29.1 Å². The molecule has 136 valence electrons. The molecular formula is C17H21F2N3O3. The lowest BCUT2D eigenvalue weighted by Crippen LogP contribution is -2.17. The van der Waals surface area contributed by atoms with Crippen molar-refractivity contribution in [2.24, 2.45) is 0 Å². The fraction of sp³-hybridized carbons (Fsp3) is 0.412. The van der Waals surface area contributed by atoms with Gasteiger partial charge in [-0.2, -0.15) is 8.78 Å².